The molecule has 2 aromatic heterocycles. The summed E-state index contributed by atoms with van der Waals surface area (Å²) in [6, 6.07) is 5.15. The summed E-state index contributed by atoms with van der Waals surface area (Å²) in [7, 11) is 1.91. The van der Waals surface area contributed by atoms with Crippen LogP contribution in [0.1, 0.15) is 11.4 Å². The molecule has 132 valence electrons. The van der Waals surface area contributed by atoms with Crippen molar-refractivity contribution in [2.24, 2.45) is 0 Å². The Balaban J connectivity index is 1.76. The lowest BCUT2D eigenvalue weighted by Gasteiger charge is -2.15. The van der Waals surface area contributed by atoms with Crippen LogP contribution in [0, 0.1) is 0 Å². The number of rotatable bonds is 6. The molecule has 25 heavy (non-hydrogen) atoms. The number of aryl methyl sites for hydroxylation is 1. The highest BCUT2D eigenvalue weighted by Crippen LogP contribution is 2.36. The van der Waals surface area contributed by atoms with E-state index in [1.165, 1.54) is 10.7 Å². The van der Waals surface area contributed by atoms with Gasteiger partial charge in [0.05, 0.1) is 28.0 Å². The van der Waals surface area contributed by atoms with Crippen molar-refractivity contribution in [3.05, 3.63) is 45.8 Å². The number of phenols is 1. The molecule has 0 aliphatic carbocycles. The summed E-state index contributed by atoms with van der Waals surface area (Å²) in [4.78, 5) is 6.45. The molecule has 3 aromatic rings. The summed E-state index contributed by atoms with van der Waals surface area (Å²) in [5.74, 6) is -0.0836. The maximum atomic E-state index is 12.3. The van der Waals surface area contributed by atoms with Crippen molar-refractivity contribution < 1.29 is 9.50 Å². The van der Waals surface area contributed by atoms with Gasteiger partial charge in [0.2, 0.25) is 0 Å². The lowest BCUT2D eigenvalue weighted by Crippen LogP contribution is -2.18. The summed E-state index contributed by atoms with van der Waals surface area (Å²) in [6.45, 7) is 0.780. The average molecular weight is 383 g/mol. The maximum Gasteiger partial charge on any atom is 0.160 e. The highest BCUT2D eigenvalue weighted by atomic mass is 35.5. The number of fused-ring (bicyclic) bond motifs is 1. The normalized spacial score (nSPS) is 11.6. The van der Waals surface area contributed by atoms with E-state index in [1.54, 1.807) is 12.3 Å². The van der Waals surface area contributed by atoms with E-state index < -0.39 is 6.67 Å². The van der Waals surface area contributed by atoms with Crippen LogP contribution in [0.5, 0.6) is 5.75 Å². The number of hydrogen-bond acceptors (Lipinski definition) is 5. The molecule has 0 bridgehead atoms. The first-order valence-electron chi connectivity index (χ1n) is 7.58. The Labute approximate surface area is 153 Å². The van der Waals surface area contributed by atoms with Crippen LogP contribution in [0.15, 0.2) is 24.4 Å². The van der Waals surface area contributed by atoms with E-state index in [0.29, 0.717) is 29.0 Å². The molecule has 0 fully saturated rings. The molecule has 1 aromatic carbocycles. The molecule has 0 saturated heterocycles. The predicted molar refractivity (Wildman–Crippen MR) is 94.6 cm³/mol. The summed E-state index contributed by atoms with van der Waals surface area (Å²) >= 11 is 12.1. The SMILES string of the molecule is CN(Cc1cn(CC[18F])nn1)Cc1ccc2c(Cl)cc(Cl)c(O)c2n1. The summed E-state index contributed by atoms with van der Waals surface area (Å²) < 4.78 is 13.8. The van der Waals surface area contributed by atoms with Crippen LogP contribution in [0.3, 0.4) is 0 Å². The maximum absolute atomic E-state index is 12.3. The standard InChI is InChI=1S/C16H16Cl2FN5O/c1-23(8-11-9-24(5-4-19)22-21-11)7-10-2-3-12-13(17)6-14(18)16(25)15(12)20-10/h2-3,6,9,25H,4-5,7-8H2,1H3/i19-1. The molecule has 2 heterocycles. The fourth-order valence-corrected chi connectivity index (χ4v) is 3.06. The molecule has 1 N–H and O–H groups in total. The molecule has 0 amide bonds. The fraction of sp³-hybridized carbons (Fsp3) is 0.312. The van der Waals surface area contributed by atoms with Gasteiger partial charge in [-0.25, -0.2) is 14.1 Å². The summed E-state index contributed by atoms with van der Waals surface area (Å²) in [5.41, 5.74) is 1.86. The highest BCUT2D eigenvalue weighted by molar-refractivity contribution is 6.39. The van der Waals surface area contributed by atoms with Gasteiger partial charge in [0.25, 0.3) is 0 Å². The second-order valence-corrected chi connectivity index (χ2v) is 6.54. The van der Waals surface area contributed by atoms with Gasteiger partial charge in [-0.1, -0.05) is 28.4 Å². The van der Waals surface area contributed by atoms with Gasteiger partial charge in [-0.15, -0.1) is 5.10 Å². The van der Waals surface area contributed by atoms with Gasteiger partial charge in [-0.3, -0.25) is 4.90 Å². The van der Waals surface area contributed by atoms with Gasteiger partial charge in [0.1, 0.15) is 12.2 Å². The Kier molecular flexibility index (Phi) is 5.36. The van der Waals surface area contributed by atoms with Crippen molar-refractivity contribution in [3.8, 4) is 5.75 Å². The first kappa shape index (κ1) is 17.8. The monoisotopic (exact) mass is 382 g/mol. The molecule has 6 nitrogen and oxygen atoms in total. The number of aromatic nitrogens is 4. The average Bonchev–Trinajstić information content (AvgIpc) is 3.00. The van der Waals surface area contributed by atoms with Gasteiger partial charge >= 0.3 is 0 Å². The molecule has 0 unspecified atom stereocenters. The number of phenolic OH excluding ortho intramolecular Hbond substituents is 1. The number of halogens is 3. The third-order valence-corrected chi connectivity index (χ3v) is 4.28. The number of hydrogen-bond donors (Lipinski definition) is 1. The number of pyridine rings is 1. The van der Waals surface area contributed by atoms with Gasteiger partial charge in [-0.2, -0.15) is 0 Å². The second kappa shape index (κ2) is 7.51. The van der Waals surface area contributed by atoms with E-state index in [-0.39, 0.29) is 17.3 Å². The Hall–Kier alpha value is -1.96. The first-order chi connectivity index (χ1) is 12.0. The third-order valence-electron chi connectivity index (χ3n) is 3.68. The van der Waals surface area contributed by atoms with Crippen molar-refractivity contribution in [2.75, 3.05) is 13.7 Å². The van der Waals surface area contributed by atoms with Crippen LogP contribution < -0.4 is 0 Å². The largest absolute Gasteiger partial charge is 0.504 e. The molecule has 0 aliphatic heterocycles. The number of alkyl halides is 1. The number of benzene rings is 1. The van der Waals surface area contributed by atoms with Gasteiger partial charge < -0.3 is 5.11 Å². The summed E-state index contributed by atoms with van der Waals surface area (Å²) in [5, 5.41) is 19.2. The van der Waals surface area contributed by atoms with E-state index in [2.05, 4.69) is 15.3 Å². The smallest absolute Gasteiger partial charge is 0.160 e. The van der Waals surface area contributed by atoms with Crippen LogP contribution in [-0.2, 0) is 19.6 Å². The van der Waals surface area contributed by atoms with Crippen molar-refractivity contribution in [2.45, 2.75) is 19.6 Å². The first-order valence-corrected chi connectivity index (χ1v) is 8.33. The third kappa shape index (κ3) is 4.00. The molecule has 0 saturated carbocycles. The zero-order valence-electron chi connectivity index (χ0n) is 13.5. The van der Waals surface area contributed by atoms with Crippen molar-refractivity contribution in [1.29, 1.82) is 0 Å². The predicted octanol–water partition coefficient (Wildman–Crippen LogP) is 3.44. The van der Waals surface area contributed by atoms with Gasteiger partial charge in [0.15, 0.2) is 5.75 Å². The van der Waals surface area contributed by atoms with E-state index in [4.69, 9.17) is 23.2 Å². The van der Waals surface area contributed by atoms with Crippen molar-refractivity contribution in [3.63, 3.8) is 0 Å². The van der Waals surface area contributed by atoms with Crippen LogP contribution in [0.25, 0.3) is 10.9 Å². The Morgan fingerprint density at radius 2 is 1.96 bits per heavy atom. The Morgan fingerprint density at radius 3 is 2.72 bits per heavy atom. The lowest BCUT2D eigenvalue weighted by molar-refractivity contribution is 0.311. The summed E-state index contributed by atoms with van der Waals surface area (Å²) in [6.07, 6.45) is 1.72. The molecule has 0 spiro atoms. The van der Waals surface area contributed by atoms with Crippen LogP contribution in [0.4, 0.5) is 4.39 Å². The molecular weight excluding hydrogens is 367 g/mol. The minimum absolute atomic E-state index is 0.0836. The topological polar surface area (TPSA) is 67.1 Å². The van der Waals surface area contributed by atoms with Crippen molar-refractivity contribution in [1.82, 2.24) is 24.9 Å². The van der Waals surface area contributed by atoms with Gasteiger partial charge in [0, 0.05) is 24.7 Å². The quantitative estimate of drug-likeness (QED) is 0.707. The molecule has 0 radical (unpaired) electrons. The lowest BCUT2D eigenvalue weighted by atomic mass is 10.2. The molecule has 9 heteroatoms. The van der Waals surface area contributed by atoms with Gasteiger partial charge in [-0.05, 0) is 25.2 Å². The number of aromatic hydroxyl groups is 1. The van der Waals surface area contributed by atoms with Crippen LogP contribution in [0.2, 0.25) is 10.0 Å². The zero-order chi connectivity index (χ0) is 18.0. The Morgan fingerprint density at radius 1 is 1.20 bits per heavy atom. The Bertz CT molecular complexity index is 902. The second-order valence-electron chi connectivity index (χ2n) is 5.72. The van der Waals surface area contributed by atoms with Crippen LogP contribution >= 0.6 is 23.2 Å². The molecule has 0 aliphatic rings. The van der Waals surface area contributed by atoms with Crippen LogP contribution in [-0.4, -0.2) is 43.7 Å². The van der Waals surface area contributed by atoms with E-state index >= 15 is 0 Å². The highest BCUT2D eigenvalue weighted by Gasteiger charge is 2.13. The molecule has 3 rings (SSSR count). The molecule has 0 atom stereocenters. The zero-order valence-corrected chi connectivity index (χ0v) is 15.0. The number of nitrogens with zero attached hydrogens (tertiary/aromatic N) is 5. The van der Waals surface area contributed by atoms with Crippen molar-refractivity contribution >= 4 is 34.1 Å². The van der Waals surface area contributed by atoms with E-state index in [9.17, 15) is 9.50 Å². The van der Waals surface area contributed by atoms with E-state index in [1.807, 2.05) is 18.0 Å². The van der Waals surface area contributed by atoms with E-state index in [0.717, 1.165) is 11.4 Å². The molecular formula is C16H16Cl2FN5O. The fourth-order valence-electron chi connectivity index (χ4n) is 2.55. The minimum atomic E-state index is -0.478. The minimum Gasteiger partial charge on any atom is -0.504 e.